The third-order valence-corrected chi connectivity index (χ3v) is 7.64. The van der Waals surface area contributed by atoms with E-state index in [0.717, 1.165) is 17.5 Å². The second-order valence-electron chi connectivity index (χ2n) is 12.3. The van der Waals surface area contributed by atoms with Gasteiger partial charge in [0.2, 0.25) is 17.7 Å². The molecule has 1 aliphatic rings. The second kappa shape index (κ2) is 15.4. The molecule has 2 aromatic carbocycles. The number of anilines is 2. The quantitative estimate of drug-likeness (QED) is 0.189. The van der Waals surface area contributed by atoms with E-state index in [1.807, 2.05) is 38.1 Å². The minimum atomic E-state index is -0.714. The van der Waals surface area contributed by atoms with Crippen molar-refractivity contribution < 1.29 is 23.9 Å². The molecule has 0 bridgehead atoms. The van der Waals surface area contributed by atoms with Crippen LogP contribution in [0.25, 0.3) is 0 Å². The van der Waals surface area contributed by atoms with Crippen LogP contribution in [0.3, 0.4) is 0 Å². The van der Waals surface area contributed by atoms with Gasteiger partial charge in [-0.2, -0.15) is 5.21 Å². The molecule has 0 saturated carbocycles. The Hall–Kier alpha value is -4.85. The maximum absolute atomic E-state index is 13.5. The SMILES string of the molecule is CC[C@H](C)[C@@H](CNCC(=O)N1c2ccccc2C[C@H]1C(=O)NCc1nn[nH]n1)NC(=O)Cc1ccc(NC(=O)OC(C)(C)C)cc1. The monoisotopic (exact) mass is 633 g/mol. The molecule has 0 spiro atoms. The van der Waals surface area contributed by atoms with E-state index in [1.54, 1.807) is 45.0 Å². The van der Waals surface area contributed by atoms with Crippen molar-refractivity contribution in [2.24, 2.45) is 5.92 Å². The Bertz CT molecular complexity index is 1490. The zero-order valence-corrected chi connectivity index (χ0v) is 26.9. The molecule has 1 aliphatic heterocycles. The van der Waals surface area contributed by atoms with Gasteiger partial charge in [0.05, 0.1) is 19.5 Å². The van der Waals surface area contributed by atoms with Crippen molar-refractivity contribution in [3.05, 3.63) is 65.5 Å². The molecule has 2 heterocycles. The van der Waals surface area contributed by atoms with Crippen molar-refractivity contribution in [1.29, 1.82) is 0 Å². The molecule has 246 valence electrons. The number of nitrogens with zero attached hydrogens (tertiary/aromatic N) is 4. The molecule has 14 nitrogen and oxygen atoms in total. The van der Waals surface area contributed by atoms with Crippen LogP contribution in [0.4, 0.5) is 16.2 Å². The molecular formula is C32H43N9O5. The summed E-state index contributed by atoms with van der Waals surface area (Å²) in [5, 5.41) is 25.3. The molecule has 3 aromatic rings. The Kier molecular flexibility index (Phi) is 11.4. The predicted octanol–water partition coefficient (Wildman–Crippen LogP) is 2.48. The van der Waals surface area contributed by atoms with E-state index in [-0.39, 0.29) is 49.2 Å². The van der Waals surface area contributed by atoms with Crippen molar-refractivity contribution >= 4 is 35.2 Å². The molecule has 0 fully saturated rings. The number of carbonyl (C=O) groups is 4. The molecule has 0 aliphatic carbocycles. The molecule has 0 radical (unpaired) electrons. The fourth-order valence-corrected chi connectivity index (χ4v) is 5.11. The van der Waals surface area contributed by atoms with Crippen molar-refractivity contribution in [1.82, 2.24) is 36.6 Å². The Labute approximate surface area is 268 Å². The van der Waals surface area contributed by atoms with Gasteiger partial charge < -0.3 is 20.7 Å². The van der Waals surface area contributed by atoms with Gasteiger partial charge in [-0.1, -0.05) is 55.8 Å². The maximum atomic E-state index is 13.5. The molecule has 0 saturated heterocycles. The van der Waals surface area contributed by atoms with Gasteiger partial charge in [0.1, 0.15) is 11.6 Å². The number of rotatable bonds is 13. The number of fused-ring (bicyclic) bond motifs is 1. The largest absolute Gasteiger partial charge is 0.444 e. The summed E-state index contributed by atoms with van der Waals surface area (Å²) in [6.07, 6.45) is 0.828. The van der Waals surface area contributed by atoms with Crippen LogP contribution in [0.5, 0.6) is 0 Å². The van der Waals surface area contributed by atoms with E-state index < -0.39 is 17.7 Å². The van der Waals surface area contributed by atoms with Crippen LogP contribution in [-0.2, 0) is 38.5 Å². The summed E-state index contributed by atoms with van der Waals surface area (Å²) >= 11 is 0. The number of hydrogen-bond donors (Lipinski definition) is 5. The number of nitrogens with one attached hydrogen (secondary N) is 5. The molecule has 4 amide bonds. The number of aromatic amines is 1. The number of H-pyrrole nitrogens is 1. The Morgan fingerprint density at radius 3 is 2.50 bits per heavy atom. The third-order valence-electron chi connectivity index (χ3n) is 7.64. The molecule has 46 heavy (non-hydrogen) atoms. The highest BCUT2D eigenvalue weighted by Crippen LogP contribution is 2.32. The fourth-order valence-electron chi connectivity index (χ4n) is 5.11. The number of ether oxygens (including phenoxy) is 1. The van der Waals surface area contributed by atoms with E-state index in [2.05, 4.69) is 41.9 Å². The van der Waals surface area contributed by atoms with Crippen molar-refractivity contribution in [2.45, 2.75) is 78.1 Å². The number of carbonyl (C=O) groups excluding carboxylic acids is 4. The summed E-state index contributed by atoms with van der Waals surface area (Å²) in [6, 6.07) is 13.5. The summed E-state index contributed by atoms with van der Waals surface area (Å²) in [5.41, 5.74) is 2.36. The van der Waals surface area contributed by atoms with Crippen LogP contribution in [0.15, 0.2) is 48.5 Å². The summed E-state index contributed by atoms with van der Waals surface area (Å²) in [6.45, 7) is 9.91. The molecule has 3 atom stereocenters. The van der Waals surface area contributed by atoms with Crippen LogP contribution >= 0.6 is 0 Å². The van der Waals surface area contributed by atoms with E-state index in [0.29, 0.717) is 30.2 Å². The van der Waals surface area contributed by atoms with Gasteiger partial charge in [-0.15, -0.1) is 10.2 Å². The second-order valence-corrected chi connectivity index (χ2v) is 12.3. The smallest absolute Gasteiger partial charge is 0.412 e. The standard InChI is InChI=1S/C32H43N9O5/c1-6-20(2)24(36-28(42)15-21-11-13-23(14-12-21)35-31(45)46-32(3,4)5)17-33-19-29(43)41-25-10-8-7-9-22(25)16-26(41)30(44)34-18-27-37-39-40-38-27/h7-14,20,24,26,33H,6,15-19H2,1-5H3,(H,34,44)(H,35,45)(H,36,42)(H,37,38,39,40)/t20-,24+,26-/m0/s1. The molecule has 1 aromatic heterocycles. The molecule has 0 unspecified atom stereocenters. The van der Waals surface area contributed by atoms with E-state index in [4.69, 9.17) is 4.74 Å². The number of benzene rings is 2. The summed E-state index contributed by atoms with van der Waals surface area (Å²) in [4.78, 5) is 53.2. The highest BCUT2D eigenvalue weighted by atomic mass is 16.6. The Morgan fingerprint density at radius 2 is 1.83 bits per heavy atom. The van der Waals surface area contributed by atoms with E-state index in [9.17, 15) is 19.2 Å². The first-order valence-corrected chi connectivity index (χ1v) is 15.4. The highest BCUT2D eigenvalue weighted by Gasteiger charge is 2.38. The molecule has 14 heteroatoms. The highest BCUT2D eigenvalue weighted by molar-refractivity contribution is 6.04. The fraction of sp³-hybridized carbons (Fsp3) is 0.469. The average molecular weight is 634 g/mol. The molecule has 4 rings (SSSR count). The van der Waals surface area contributed by atoms with Crippen LogP contribution in [-0.4, -0.2) is 75.2 Å². The predicted molar refractivity (Wildman–Crippen MR) is 172 cm³/mol. The van der Waals surface area contributed by atoms with Gasteiger partial charge in [-0.3, -0.25) is 24.6 Å². The van der Waals surface area contributed by atoms with Crippen molar-refractivity contribution in [3.63, 3.8) is 0 Å². The minimum Gasteiger partial charge on any atom is -0.444 e. The number of hydrogen-bond acceptors (Lipinski definition) is 9. The zero-order valence-electron chi connectivity index (χ0n) is 26.9. The minimum absolute atomic E-state index is 0.0160. The lowest BCUT2D eigenvalue weighted by molar-refractivity contribution is -0.126. The first-order valence-electron chi connectivity index (χ1n) is 15.4. The summed E-state index contributed by atoms with van der Waals surface area (Å²) in [5.74, 6) is -0.235. The van der Waals surface area contributed by atoms with E-state index >= 15 is 0 Å². The zero-order chi connectivity index (χ0) is 33.3. The van der Waals surface area contributed by atoms with E-state index in [1.165, 1.54) is 4.90 Å². The lowest BCUT2D eigenvalue weighted by Crippen LogP contribution is -2.52. The lowest BCUT2D eigenvalue weighted by atomic mass is 9.98. The van der Waals surface area contributed by atoms with Gasteiger partial charge in [-0.05, 0) is 56.0 Å². The molecule has 5 N–H and O–H groups in total. The molecular weight excluding hydrogens is 590 g/mol. The van der Waals surface area contributed by atoms with Gasteiger partial charge in [0.25, 0.3) is 0 Å². The first-order chi connectivity index (χ1) is 21.9. The maximum Gasteiger partial charge on any atom is 0.412 e. The van der Waals surface area contributed by atoms with Crippen molar-refractivity contribution in [3.8, 4) is 0 Å². The van der Waals surface area contributed by atoms with Gasteiger partial charge >= 0.3 is 6.09 Å². The Morgan fingerprint density at radius 1 is 1.09 bits per heavy atom. The number of aromatic nitrogens is 4. The van der Waals surface area contributed by atoms with Crippen LogP contribution in [0.2, 0.25) is 0 Å². The summed E-state index contributed by atoms with van der Waals surface area (Å²) < 4.78 is 5.27. The number of amides is 4. The number of tetrazole rings is 1. The van der Waals surface area contributed by atoms with Gasteiger partial charge in [0.15, 0.2) is 5.82 Å². The topological polar surface area (TPSA) is 183 Å². The van der Waals surface area contributed by atoms with Crippen LogP contribution < -0.4 is 26.2 Å². The Balaban J connectivity index is 1.31. The van der Waals surface area contributed by atoms with Gasteiger partial charge in [0, 0.05) is 30.4 Å². The van der Waals surface area contributed by atoms with Crippen LogP contribution in [0.1, 0.15) is 58.0 Å². The first kappa shape index (κ1) is 34.0. The third kappa shape index (κ3) is 9.57. The normalized spacial score (nSPS) is 15.4. The average Bonchev–Trinajstić information content (AvgIpc) is 3.67. The van der Waals surface area contributed by atoms with Crippen LogP contribution in [0, 0.1) is 5.92 Å². The summed E-state index contributed by atoms with van der Waals surface area (Å²) in [7, 11) is 0. The van der Waals surface area contributed by atoms with Crippen molar-refractivity contribution in [2.75, 3.05) is 23.3 Å². The lowest BCUT2D eigenvalue weighted by Gasteiger charge is -2.27. The van der Waals surface area contributed by atoms with Gasteiger partial charge in [-0.25, -0.2) is 4.79 Å². The number of para-hydroxylation sites is 1.